The number of aliphatic carboxylic acids is 1. The van der Waals surface area contributed by atoms with Crippen molar-refractivity contribution in [2.45, 2.75) is 32.2 Å². The van der Waals surface area contributed by atoms with E-state index in [1.165, 1.54) is 0 Å². The molecule has 0 saturated heterocycles. The molecule has 2 N–H and O–H groups in total. The zero-order valence-electron chi connectivity index (χ0n) is 11.8. The van der Waals surface area contributed by atoms with Crippen molar-refractivity contribution in [1.29, 1.82) is 0 Å². The average molecular weight is 310 g/mol. The first-order valence-electron chi connectivity index (χ1n) is 6.45. The number of aromatic nitrogens is 2. The summed E-state index contributed by atoms with van der Waals surface area (Å²) in [5, 5.41) is 16.2. The highest BCUT2D eigenvalue weighted by Crippen LogP contribution is 2.23. The van der Waals surface area contributed by atoms with Gasteiger partial charge in [0, 0.05) is 22.5 Å². The highest BCUT2D eigenvalue weighted by Gasteiger charge is 2.22. The molecule has 0 radical (unpaired) electrons. The van der Waals surface area contributed by atoms with Crippen LogP contribution in [0, 0.1) is 0 Å². The van der Waals surface area contributed by atoms with Crippen molar-refractivity contribution in [3.8, 4) is 11.4 Å². The van der Waals surface area contributed by atoms with Crippen LogP contribution in [0.4, 0.5) is 6.01 Å². The summed E-state index contributed by atoms with van der Waals surface area (Å²) in [4.78, 5) is 14.9. The second kappa shape index (κ2) is 6.13. The molecule has 1 aromatic carbocycles. The van der Waals surface area contributed by atoms with E-state index >= 15 is 0 Å². The number of carboxylic acids is 1. The quantitative estimate of drug-likeness (QED) is 0.849. The highest BCUT2D eigenvalue weighted by molar-refractivity contribution is 6.30. The first-order valence-corrected chi connectivity index (χ1v) is 6.83. The van der Waals surface area contributed by atoms with Gasteiger partial charge in [-0.1, -0.05) is 28.9 Å². The van der Waals surface area contributed by atoms with Gasteiger partial charge in [-0.15, -0.1) is 0 Å². The van der Waals surface area contributed by atoms with E-state index in [1.54, 1.807) is 18.2 Å². The summed E-state index contributed by atoms with van der Waals surface area (Å²) in [5.41, 5.74) is 0.291. The lowest BCUT2D eigenvalue weighted by Gasteiger charge is -2.23. The molecule has 0 unspecified atom stereocenters. The molecule has 7 heteroatoms. The van der Waals surface area contributed by atoms with E-state index in [0.717, 1.165) is 5.56 Å². The van der Waals surface area contributed by atoms with Crippen LogP contribution in [0.25, 0.3) is 11.4 Å². The molecule has 0 aliphatic rings. The SMILES string of the molecule is CC(C)(CCC(=O)O)Nc1nc(-c2cccc(Cl)c2)no1. The number of hydrogen-bond donors (Lipinski definition) is 2. The lowest BCUT2D eigenvalue weighted by molar-refractivity contribution is -0.137. The van der Waals surface area contributed by atoms with Crippen LogP contribution in [0.1, 0.15) is 26.7 Å². The fourth-order valence-corrected chi connectivity index (χ4v) is 1.98. The summed E-state index contributed by atoms with van der Waals surface area (Å²) in [6.45, 7) is 3.75. The van der Waals surface area contributed by atoms with Crippen molar-refractivity contribution in [2.75, 3.05) is 5.32 Å². The van der Waals surface area contributed by atoms with Crippen molar-refractivity contribution in [3.05, 3.63) is 29.3 Å². The van der Waals surface area contributed by atoms with Crippen LogP contribution in [0.5, 0.6) is 0 Å². The minimum atomic E-state index is -0.838. The third-order valence-electron chi connectivity index (χ3n) is 2.92. The summed E-state index contributed by atoms with van der Waals surface area (Å²) in [7, 11) is 0. The Morgan fingerprint density at radius 1 is 1.48 bits per heavy atom. The number of rotatable bonds is 6. The average Bonchev–Trinajstić information content (AvgIpc) is 2.84. The lowest BCUT2D eigenvalue weighted by atomic mass is 9.99. The number of carboxylic acid groups (broad SMARTS) is 1. The third kappa shape index (κ3) is 4.46. The molecule has 1 heterocycles. The second-order valence-corrected chi connectivity index (χ2v) is 5.77. The molecular formula is C14H16ClN3O3. The first-order chi connectivity index (χ1) is 9.85. The molecule has 0 fully saturated rings. The lowest BCUT2D eigenvalue weighted by Crippen LogP contribution is -2.31. The summed E-state index contributed by atoms with van der Waals surface area (Å²) < 4.78 is 5.14. The summed E-state index contributed by atoms with van der Waals surface area (Å²) in [6.07, 6.45) is 0.506. The van der Waals surface area contributed by atoms with Crippen LogP contribution in [-0.4, -0.2) is 26.8 Å². The number of halogens is 1. The van der Waals surface area contributed by atoms with E-state index < -0.39 is 11.5 Å². The van der Waals surface area contributed by atoms with Crippen molar-refractivity contribution < 1.29 is 14.4 Å². The van der Waals surface area contributed by atoms with E-state index in [1.807, 2.05) is 19.9 Å². The highest BCUT2D eigenvalue weighted by atomic mass is 35.5. The van der Waals surface area contributed by atoms with Crippen LogP contribution in [-0.2, 0) is 4.79 Å². The normalized spacial score (nSPS) is 11.4. The van der Waals surface area contributed by atoms with Crippen molar-refractivity contribution >= 4 is 23.6 Å². The molecule has 0 spiro atoms. The van der Waals surface area contributed by atoms with Gasteiger partial charge in [-0.3, -0.25) is 4.79 Å². The maximum atomic E-state index is 10.6. The van der Waals surface area contributed by atoms with Crippen LogP contribution >= 0.6 is 11.6 Å². The van der Waals surface area contributed by atoms with E-state index in [9.17, 15) is 4.79 Å². The van der Waals surface area contributed by atoms with E-state index in [4.69, 9.17) is 21.2 Å². The van der Waals surface area contributed by atoms with E-state index in [-0.39, 0.29) is 12.4 Å². The standard InChI is InChI=1S/C14H16ClN3O3/c1-14(2,7-6-11(19)20)17-13-16-12(18-21-13)9-4-3-5-10(15)8-9/h3-5,8H,6-7H2,1-2H3,(H,19,20)(H,16,17,18). The number of nitrogens with one attached hydrogen (secondary N) is 1. The molecule has 112 valence electrons. The van der Waals surface area contributed by atoms with Gasteiger partial charge >= 0.3 is 12.0 Å². The Bertz CT molecular complexity index is 640. The first kappa shape index (κ1) is 15.3. The summed E-state index contributed by atoms with van der Waals surface area (Å²) >= 11 is 5.92. The van der Waals surface area contributed by atoms with E-state index in [0.29, 0.717) is 17.3 Å². The molecule has 0 aliphatic carbocycles. The minimum Gasteiger partial charge on any atom is -0.481 e. The maximum absolute atomic E-state index is 10.6. The smallest absolute Gasteiger partial charge is 0.322 e. The van der Waals surface area contributed by atoms with Crippen molar-refractivity contribution in [2.24, 2.45) is 0 Å². The summed E-state index contributed by atoms with van der Waals surface area (Å²) in [5.74, 6) is -0.413. The fraction of sp³-hybridized carbons (Fsp3) is 0.357. The molecule has 2 aromatic rings. The predicted octanol–water partition coefficient (Wildman–Crippen LogP) is 3.45. The van der Waals surface area contributed by atoms with Gasteiger partial charge in [-0.2, -0.15) is 4.98 Å². The van der Waals surface area contributed by atoms with Gasteiger partial charge in [0.25, 0.3) is 0 Å². The summed E-state index contributed by atoms with van der Waals surface area (Å²) in [6, 6.07) is 7.39. The zero-order chi connectivity index (χ0) is 15.5. The molecule has 0 atom stereocenters. The van der Waals surface area contributed by atoms with Crippen LogP contribution in [0.3, 0.4) is 0 Å². The van der Waals surface area contributed by atoms with Gasteiger partial charge in [0.2, 0.25) is 5.82 Å². The monoisotopic (exact) mass is 309 g/mol. The van der Waals surface area contributed by atoms with Gasteiger partial charge < -0.3 is 14.9 Å². The van der Waals surface area contributed by atoms with Gasteiger partial charge in [0.1, 0.15) is 0 Å². The number of nitrogens with zero attached hydrogens (tertiary/aromatic N) is 2. The fourth-order valence-electron chi connectivity index (χ4n) is 1.79. The number of carbonyl (C=O) groups is 1. The van der Waals surface area contributed by atoms with E-state index in [2.05, 4.69) is 15.5 Å². The molecule has 2 rings (SSSR count). The molecule has 1 aromatic heterocycles. The van der Waals surface area contributed by atoms with Crippen LogP contribution < -0.4 is 5.32 Å². The molecule has 0 amide bonds. The Hall–Kier alpha value is -2.08. The maximum Gasteiger partial charge on any atom is 0.322 e. The second-order valence-electron chi connectivity index (χ2n) is 5.34. The molecule has 0 bridgehead atoms. The molecule has 21 heavy (non-hydrogen) atoms. The molecule has 6 nitrogen and oxygen atoms in total. The Morgan fingerprint density at radius 3 is 2.90 bits per heavy atom. The number of hydrogen-bond acceptors (Lipinski definition) is 5. The predicted molar refractivity (Wildman–Crippen MR) is 79.3 cm³/mol. The van der Waals surface area contributed by atoms with Gasteiger partial charge in [0.05, 0.1) is 0 Å². The Morgan fingerprint density at radius 2 is 2.24 bits per heavy atom. The van der Waals surface area contributed by atoms with Crippen molar-refractivity contribution in [1.82, 2.24) is 10.1 Å². The topological polar surface area (TPSA) is 88.2 Å². The third-order valence-corrected chi connectivity index (χ3v) is 3.15. The van der Waals surface area contributed by atoms with Crippen LogP contribution in [0.2, 0.25) is 5.02 Å². The molecular weight excluding hydrogens is 294 g/mol. The number of benzene rings is 1. The molecule has 0 aliphatic heterocycles. The van der Waals surface area contributed by atoms with Crippen LogP contribution in [0.15, 0.2) is 28.8 Å². The Labute approximate surface area is 127 Å². The Balaban J connectivity index is 2.08. The zero-order valence-corrected chi connectivity index (χ0v) is 12.5. The minimum absolute atomic E-state index is 0.0648. The Kier molecular flexibility index (Phi) is 4.47. The molecule has 0 saturated carbocycles. The largest absolute Gasteiger partial charge is 0.481 e. The van der Waals surface area contributed by atoms with Crippen molar-refractivity contribution in [3.63, 3.8) is 0 Å². The van der Waals surface area contributed by atoms with Gasteiger partial charge in [-0.05, 0) is 32.4 Å². The number of anilines is 1. The van der Waals surface area contributed by atoms with Gasteiger partial charge in [-0.25, -0.2) is 0 Å². The van der Waals surface area contributed by atoms with Gasteiger partial charge in [0.15, 0.2) is 0 Å².